The van der Waals surface area contributed by atoms with E-state index in [0.29, 0.717) is 29.8 Å². The molecule has 0 saturated carbocycles. The second-order valence-corrected chi connectivity index (χ2v) is 9.45. The van der Waals surface area contributed by atoms with Gasteiger partial charge in [-0.05, 0) is 57.4 Å². The molecule has 1 aromatic carbocycles. The van der Waals surface area contributed by atoms with Gasteiger partial charge in [0, 0.05) is 24.5 Å². The smallest absolute Gasteiger partial charge is 0.280 e. The maximum Gasteiger partial charge on any atom is 0.280 e. The number of rotatable bonds is 7. The third-order valence-corrected chi connectivity index (χ3v) is 6.72. The van der Waals surface area contributed by atoms with E-state index in [4.69, 9.17) is 4.98 Å². The molecule has 0 N–H and O–H groups in total. The van der Waals surface area contributed by atoms with Gasteiger partial charge in [0.1, 0.15) is 0 Å². The van der Waals surface area contributed by atoms with Crippen LogP contribution in [-0.4, -0.2) is 37.0 Å². The average molecular weight is 451 g/mol. The summed E-state index contributed by atoms with van der Waals surface area (Å²) in [5.74, 6) is 0.224. The van der Waals surface area contributed by atoms with Crippen LogP contribution in [0.1, 0.15) is 59.8 Å². The van der Waals surface area contributed by atoms with Crippen molar-refractivity contribution in [3.8, 4) is 0 Å². The number of thiazole rings is 1. The molecule has 168 valence electrons. The largest absolute Gasteiger partial charge is 0.281 e. The maximum absolute atomic E-state index is 13.6. The summed E-state index contributed by atoms with van der Waals surface area (Å²) in [6, 6.07) is 10.2. The van der Waals surface area contributed by atoms with Crippen LogP contribution in [0, 0.1) is 20.8 Å². The molecular weight excluding hydrogens is 420 g/mol. The summed E-state index contributed by atoms with van der Waals surface area (Å²) in [5.41, 5.74) is 5.64. The Hall–Kier alpha value is -3.00. The van der Waals surface area contributed by atoms with Crippen LogP contribution in [0.15, 0.2) is 30.3 Å². The van der Waals surface area contributed by atoms with E-state index in [9.17, 15) is 4.79 Å². The number of aryl methyl sites for hydroxylation is 4. The minimum atomic E-state index is -0.132. The number of aromatic nitrogens is 5. The second-order valence-electron chi connectivity index (χ2n) is 8.44. The fourth-order valence-electron chi connectivity index (χ4n) is 3.99. The quantitative estimate of drug-likeness (QED) is 0.393. The molecule has 0 atom stereocenters. The molecule has 1 amide bonds. The Morgan fingerprint density at radius 1 is 1.09 bits per heavy atom. The first-order valence-corrected chi connectivity index (χ1v) is 11.9. The predicted molar refractivity (Wildman–Crippen MR) is 130 cm³/mol. The standard InChI is InChI=1S/C24H30N6OS/c1-7-29-18(6)14-20(27-29)23(31)28(11-12-30-17(5)13-16(4)26-30)24-25-22-19(15(2)3)9-8-10-21(22)32-24/h8-10,13-15H,7,11-12H2,1-6H3. The van der Waals surface area contributed by atoms with Crippen molar-refractivity contribution in [1.82, 2.24) is 24.5 Å². The summed E-state index contributed by atoms with van der Waals surface area (Å²) in [7, 11) is 0. The van der Waals surface area contributed by atoms with E-state index in [0.717, 1.165) is 33.8 Å². The van der Waals surface area contributed by atoms with Gasteiger partial charge in [-0.3, -0.25) is 19.1 Å². The average Bonchev–Trinajstić information content (AvgIpc) is 3.43. The van der Waals surface area contributed by atoms with E-state index in [1.54, 1.807) is 16.2 Å². The first kappa shape index (κ1) is 22.2. The molecule has 0 fully saturated rings. The highest BCUT2D eigenvalue weighted by Gasteiger charge is 2.25. The topological polar surface area (TPSA) is 68.8 Å². The number of hydrogen-bond donors (Lipinski definition) is 0. The highest BCUT2D eigenvalue weighted by Crippen LogP contribution is 2.34. The number of hydrogen-bond acceptors (Lipinski definition) is 5. The number of benzene rings is 1. The zero-order valence-electron chi connectivity index (χ0n) is 19.6. The van der Waals surface area contributed by atoms with Gasteiger partial charge >= 0.3 is 0 Å². The summed E-state index contributed by atoms with van der Waals surface area (Å²) < 4.78 is 4.88. The highest BCUT2D eigenvalue weighted by atomic mass is 32.1. The number of carbonyl (C=O) groups excluding carboxylic acids is 1. The molecule has 0 saturated heterocycles. The third kappa shape index (κ3) is 4.19. The maximum atomic E-state index is 13.6. The van der Waals surface area contributed by atoms with Gasteiger partial charge in [-0.25, -0.2) is 4.98 Å². The van der Waals surface area contributed by atoms with Crippen LogP contribution in [0.2, 0.25) is 0 Å². The molecule has 4 aromatic rings. The lowest BCUT2D eigenvalue weighted by Gasteiger charge is -2.19. The van der Waals surface area contributed by atoms with Gasteiger partial charge < -0.3 is 0 Å². The molecule has 7 nitrogen and oxygen atoms in total. The number of para-hydroxylation sites is 1. The van der Waals surface area contributed by atoms with E-state index in [1.807, 2.05) is 49.2 Å². The second kappa shape index (κ2) is 8.86. The van der Waals surface area contributed by atoms with Crippen molar-refractivity contribution < 1.29 is 4.79 Å². The van der Waals surface area contributed by atoms with Gasteiger partial charge in [0.05, 0.1) is 22.5 Å². The fourth-order valence-corrected chi connectivity index (χ4v) is 5.02. The normalized spacial score (nSPS) is 11.6. The lowest BCUT2D eigenvalue weighted by Crippen LogP contribution is -2.34. The van der Waals surface area contributed by atoms with E-state index in [2.05, 4.69) is 42.2 Å². The number of carbonyl (C=O) groups is 1. The Bertz CT molecular complexity index is 1260. The molecule has 0 bridgehead atoms. The van der Waals surface area contributed by atoms with E-state index >= 15 is 0 Å². The van der Waals surface area contributed by atoms with Gasteiger partial charge in [-0.1, -0.05) is 37.3 Å². The Morgan fingerprint density at radius 3 is 2.47 bits per heavy atom. The molecule has 32 heavy (non-hydrogen) atoms. The van der Waals surface area contributed by atoms with E-state index < -0.39 is 0 Å². The first-order valence-electron chi connectivity index (χ1n) is 11.0. The van der Waals surface area contributed by atoms with Gasteiger partial charge in [0.25, 0.3) is 5.91 Å². The van der Waals surface area contributed by atoms with Crippen LogP contribution in [0.25, 0.3) is 10.2 Å². The zero-order chi connectivity index (χ0) is 23.0. The summed E-state index contributed by atoms with van der Waals surface area (Å²) in [4.78, 5) is 20.3. The van der Waals surface area contributed by atoms with Crippen molar-refractivity contribution in [2.24, 2.45) is 0 Å². The fraction of sp³-hybridized carbons (Fsp3) is 0.417. The molecule has 8 heteroatoms. The van der Waals surface area contributed by atoms with Crippen LogP contribution >= 0.6 is 11.3 Å². The predicted octanol–water partition coefficient (Wildman–Crippen LogP) is 5.10. The molecule has 0 unspecified atom stereocenters. The van der Waals surface area contributed by atoms with Crippen molar-refractivity contribution in [3.05, 3.63) is 58.7 Å². The van der Waals surface area contributed by atoms with E-state index in [1.165, 1.54) is 5.56 Å². The molecule has 3 aromatic heterocycles. The van der Waals surface area contributed by atoms with Crippen molar-refractivity contribution >= 4 is 32.6 Å². The monoisotopic (exact) mass is 450 g/mol. The van der Waals surface area contributed by atoms with Crippen molar-refractivity contribution in [1.29, 1.82) is 0 Å². The molecule has 0 aliphatic heterocycles. The molecule has 0 spiro atoms. The number of amides is 1. The van der Waals surface area contributed by atoms with E-state index in [-0.39, 0.29) is 5.91 Å². The molecule has 3 heterocycles. The van der Waals surface area contributed by atoms with Gasteiger partial charge in [0.2, 0.25) is 0 Å². The van der Waals surface area contributed by atoms with Gasteiger partial charge in [-0.15, -0.1) is 0 Å². The zero-order valence-corrected chi connectivity index (χ0v) is 20.4. The van der Waals surface area contributed by atoms with Crippen molar-refractivity contribution in [2.45, 2.75) is 60.5 Å². The summed E-state index contributed by atoms with van der Waals surface area (Å²) in [6.45, 7) is 14.1. The van der Waals surface area contributed by atoms with Gasteiger partial charge in [-0.2, -0.15) is 10.2 Å². The summed E-state index contributed by atoms with van der Waals surface area (Å²) in [5, 5.41) is 9.79. The molecule has 0 aliphatic carbocycles. The third-order valence-electron chi connectivity index (χ3n) is 5.68. The number of nitrogens with zero attached hydrogens (tertiary/aromatic N) is 6. The summed E-state index contributed by atoms with van der Waals surface area (Å²) >= 11 is 1.55. The minimum absolute atomic E-state index is 0.132. The van der Waals surface area contributed by atoms with Crippen LogP contribution in [0.5, 0.6) is 0 Å². The highest BCUT2D eigenvalue weighted by molar-refractivity contribution is 7.22. The SMILES string of the molecule is CCn1nc(C(=O)N(CCn2nc(C)cc2C)c2nc3c(C(C)C)cccc3s2)cc1C. The molecule has 0 aliphatic rings. The van der Waals surface area contributed by atoms with Crippen LogP contribution < -0.4 is 4.90 Å². The van der Waals surface area contributed by atoms with Gasteiger partial charge in [0.15, 0.2) is 10.8 Å². The Morgan fingerprint density at radius 2 is 1.84 bits per heavy atom. The summed E-state index contributed by atoms with van der Waals surface area (Å²) in [6.07, 6.45) is 0. The molecule has 4 rings (SSSR count). The van der Waals surface area contributed by atoms with Crippen LogP contribution in [0.4, 0.5) is 5.13 Å². The lowest BCUT2D eigenvalue weighted by atomic mass is 10.0. The van der Waals surface area contributed by atoms with Crippen LogP contribution in [-0.2, 0) is 13.1 Å². The molecular formula is C24H30N6OS. The first-order chi connectivity index (χ1) is 15.3. The van der Waals surface area contributed by atoms with Crippen molar-refractivity contribution in [3.63, 3.8) is 0 Å². The number of anilines is 1. The minimum Gasteiger partial charge on any atom is -0.281 e. The van der Waals surface area contributed by atoms with Crippen LogP contribution in [0.3, 0.4) is 0 Å². The molecule has 0 radical (unpaired) electrons. The Balaban J connectivity index is 1.74. The number of fused-ring (bicyclic) bond motifs is 1. The lowest BCUT2D eigenvalue weighted by molar-refractivity contribution is 0.0980. The Labute approximate surface area is 192 Å². The van der Waals surface area contributed by atoms with Crippen molar-refractivity contribution in [2.75, 3.05) is 11.4 Å². The Kier molecular flexibility index (Phi) is 6.15.